The van der Waals surface area contributed by atoms with Gasteiger partial charge in [0.2, 0.25) is 5.91 Å². The second kappa shape index (κ2) is 3.97. The van der Waals surface area contributed by atoms with E-state index >= 15 is 0 Å². The third kappa shape index (κ3) is 1.51. The highest BCUT2D eigenvalue weighted by molar-refractivity contribution is 6.03. The molecule has 7 heteroatoms. The van der Waals surface area contributed by atoms with E-state index in [0.29, 0.717) is 19.3 Å². The molecule has 1 amide bonds. The van der Waals surface area contributed by atoms with Gasteiger partial charge in [-0.15, -0.1) is 0 Å². The van der Waals surface area contributed by atoms with Crippen LogP contribution in [0.1, 0.15) is 19.3 Å². The molecule has 1 N–H and O–H groups in total. The van der Waals surface area contributed by atoms with Gasteiger partial charge < -0.3 is 14.7 Å². The van der Waals surface area contributed by atoms with E-state index in [1.807, 2.05) is 0 Å². The number of carbonyl (C=O) groups is 2. The number of fused-ring (bicyclic) bond motifs is 1. The maximum atomic E-state index is 13.5. The number of amides is 1. The number of carboxylic acids is 1. The molecule has 1 aliphatic heterocycles. The fraction of sp³-hybridized carbons (Fsp3) is 0.467. The predicted octanol–water partition coefficient (Wildman–Crippen LogP) is 1.95. The van der Waals surface area contributed by atoms with Gasteiger partial charge in [0.15, 0.2) is 11.6 Å². The van der Waals surface area contributed by atoms with Gasteiger partial charge in [0.05, 0.1) is 23.1 Å². The van der Waals surface area contributed by atoms with Crippen LogP contribution in [0.2, 0.25) is 0 Å². The van der Waals surface area contributed by atoms with E-state index in [9.17, 15) is 18.4 Å². The van der Waals surface area contributed by atoms with Crippen molar-refractivity contribution < 1.29 is 28.2 Å². The summed E-state index contributed by atoms with van der Waals surface area (Å²) in [6.45, 7) is 0.447. The highest BCUT2D eigenvalue weighted by Crippen LogP contribution is 2.74. The van der Waals surface area contributed by atoms with Gasteiger partial charge in [0.25, 0.3) is 0 Å². The van der Waals surface area contributed by atoms with Crippen molar-refractivity contribution in [3.8, 4) is 5.75 Å². The number of halogens is 2. The summed E-state index contributed by atoms with van der Waals surface area (Å²) in [6, 6.07) is 1.89. The second-order valence-corrected chi connectivity index (χ2v) is 6.44. The van der Waals surface area contributed by atoms with Crippen LogP contribution in [-0.4, -0.2) is 30.1 Å². The lowest BCUT2D eigenvalue weighted by Gasteiger charge is -2.67. The Morgan fingerprint density at radius 3 is 2.41 bits per heavy atom. The SMILES string of the molecule is O=C(O)C12CC(C(=O)N3CCOc4cc(F)c(F)cc43)(C1)C2. The molecule has 0 aromatic heterocycles. The third-order valence-electron chi connectivity index (χ3n) is 5.05. The Morgan fingerprint density at radius 1 is 1.14 bits per heavy atom. The maximum Gasteiger partial charge on any atom is 0.309 e. The van der Waals surface area contributed by atoms with Gasteiger partial charge in [-0.1, -0.05) is 0 Å². The third-order valence-corrected chi connectivity index (χ3v) is 5.05. The maximum absolute atomic E-state index is 13.5. The van der Waals surface area contributed by atoms with Crippen LogP contribution < -0.4 is 9.64 Å². The molecular formula is C15H13F2NO4. The lowest BCUT2D eigenvalue weighted by molar-refractivity contribution is -0.219. The Bertz CT molecular complexity index is 698. The summed E-state index contributed by atoms with van der Waals surface area (Å²) in [7, 11) is 0. The molecular weight excluding hydrogens is 296 g/mol. The zero-order valence-electron chi connectivity index (χ0n) is 11.6. The predicted molar refractivity (Wildman–Crippen MR) is 70.6 cm³/mol. The molecule has 3 fully saturated rings. The van der Waals surface area contributed by atoms with Gasteiger partial charge in [-0.25, -0.2) is 8.78 Å². The van der Waals surface area contributed by atoms with Crippen LogP contribution in [0.15, 0.2) is 12.1 Å². The van der Waals surface area contributed by atoms with Crippen LogP contribution in [-0.2, 0) is 9.59 Å². The van der Waals surface area contributed by atoms with Crippen molar-refractivity contribution in [2.24, 2.45) is 10.8 Å². The van der Waals surface area contributed by atoms with Crippen LogP contribution in [0.4, 0.5) is 14.5 Å². The summed E-state index contributed by atoms with van der Waals surface area (Å²) in [5.74, 6) is -3.01. The number of carbonyl (C=O) groups excluding carboxylic acids is 1. The standard InChI is InChI=1S/C15H13F2NO4/c16-8-3-10-11(4-9(8)17)22-2-1-18(10)12(19)14-5-15(6-14,7-14)13(20)21/h3-4H,1-2,5-7H2,(H,20,21). The zero-order chi connectivity index (χ0) is 15.7. The summed E-state index contributed by atoms with van der Waals surface area (Å²) in [4.78, 5) is 25.2. The van der Waals surface area contributed by atoms with E-state index in [4.69, 9.17) is 9.84 Å². The van der Waals surface area contributed by atoms with Crippen molar-refractivity contribution in [2.75, 3.05) is 18.1 Å². The first-order chi connectivity index (χ1) is 10.4. The number of anilines is 1. The molecule has 1 heterocycles. The molecule has 0 unspecified atom stereocenters. The number of rotatable bonds is 2. The lowest BCUT2D eigenvalue weighted by Crippen LogP contribution is -2.71. The first kappa shape index (κ1) is 13.5. The Kier molecular flexibility index (Phi) is 2.43. The fourth-order valence-electron chi connectivity index (χ4n) is 3.95. The van der Waals surface area contributed by atoms with Crippen molar-refractivity contribution in [3.63, 3.8) is 0 Å². The van der Waals surface area contributed by atoms with Gasteiger partial charge in [-0.05, 0) is 19.3 Å². The quantitative estimate of drug-likeness (QED) is 0.906. The highest BCUT2D eigenvalue weighted by atomic mass is 19.2. The number of carboxylic acid groups (broad SMARTS) is 1. The molecule has 3 saturated carbocycles. The minimum atomic E-state index is -1.04. The van der Waals surface area contributed by atoms with Gasteiger partial charge in [-0.3, -0.25) is 9.59 Å². The van der Waals surface area contributed by atoms with Crippen molar-refractivity contribution in [3.05, 3.63) is 23.8 Å². The molecule has 5 nitrogen and oxygen atoms in total. The summed E-state index contributed by atoms with van der Waals surface area (Å²) in [5.41, 5.74) is -1.19. The van der Waals surface area contributed by atoms with Crippen molar-refractivity contribution in [1.29, 1.82) is 0 Å². The van der Waals surface area contributed by atoms with Crippen molar-refractivity contribution in [1.82, 2.24) is 0 Å². The molecule has 4 aliphatic rings. The second-order valence-electron chi connectivity index (χ2n) is 6.44. The average Bonchev–Trinajstić information content (AvgIpc) is 2.35. The van der Waals surface area contributed by atoms with E-state index in [1.165, 1.54) is 4.90 Å². The van der Waals surface area contributed by atoms with Crippen LogP contribution >= 0.6 is 0 Å². The molecule has 1 aromatic rings. The smallest absolute Gasteiger partial charge is 0.309 e. The lowest BCUT2D eigenvalue weighted by atomic mass is 9.34. The Labute approximate surface area is 124 Å². The molecule has 0 atom stereocenters. The molecule has 2 bridgehead atoms. The van der Waals surface area contributed by atoms with E-state index in [1.54, 1.807) is 0 Å². The van der Waals surface area contributed by atoms with Crippen LogP contribution in [0.5, 0.6) is 5.75 Å². The van der Waals surface area contributed by atoms with Crippen LogP contribution in [0, 0.1) is 22.5 Å². The number of nitrogens with zero attached hydrogens (tertiary/aromatic N) is 1. The summed E-state index contributed by atoms with van der Waals surface area (Å²) >= 11 is 0. The average molecular weight is 309 g/mol. The molecule has 0 spiro atoms. The van der Waals surface area contributed by atoms with Gasteiger partial charge in [0, 0.05) is 12.1 Å². The van der Waals surface area contributed by atoms with Crippen molar-refractivity contribution in [2.45, 2.75) is 19.3 Å². The van der Waals surface area contributed by atoms with Crippen molar-refractivity contribution >= 4 is 17.6 Å². The summed E-state index contributed by atoms with van der Waals surface area (Å²) < 4.78 is 32.0. The molecule has 3 aliphatic carbocycles. The Hall–Kier alpha value is -2.18. The summed E-state index contributed by atoms with van der Waals surface area (Å²) in [5, 5.41) is 9.13. The van der Waals surface area contributed by atoms with Gasteiger partial charge in [-0.2, -0.15) is 0 Å². The molecule has 22 heavy (non-hydrogen) atoms. The largest absolute Gasteiger partial charge is 0.489 e. The van der Waals surface area contributed by atoms with E-state index < -0.39 is 28.4 Å². The molecule has 5 rings (SSSR count). The fourth-order valence-corrected chi connectivity index (χ4v) is 3.95. The highest BCUT2D eigenvalue weighted by Gasteiger charge is 2.75. The number of ether oxygens (including phenoxy) is 1. The van der Waals surface area contributed by atoms with Crippen LogP contribution in [0.3, 0.4) is 0 Å². The first-order valence-corrected chi connectivity index (χ1v) is 7.04. The topological polar surface area (TPSA) is 66.8 Å². The number of benzene rings is 1. The zero-order valence-corrected chi connectivity index (χ0v) is 11.6. The van der Waals surface area contributed by atoms with Gasteiger partial charge >= 0.3 is 5.97 Å². The Balaban J connectivity index is 1.62. The van der Waals surface area contributed by atoms with Gasteiger partial charge in [0.1, 0.15) is 12.4 Å². The summed E-state index contributed by atoms with van der Waals surface area (Å²) in [6.07, 6.45) is 0.972. The minimum absolute atomic E-state index is 0.137. The molecule has 1 aromatic carbocycles. The monoisotopic (exact) mass is 309 g/mol. The van der Waals surface area contributed by atoms with Crippen LogP contribution in [0.25, 0.3) is 0 Å². The van der Waals surface area contributed by atoms with E-state index in [-0.39, 0.29) is 30.5 Å². The number of aliphatic carboxylic acids is 1. The molecule has 116 valence electrons. The van der Waals surface area contributed by atoms with E-state index in [2.05, 4.69) is 0 Å². The Morgan fingerprint density at radius 2 is 1.77 bits per heavy atom. The first-order valence-electron chi connectivity index (χ1n) is 7.04. The minimum Gasteiger partial charge on any atom is -0.489 e. The number of hydrogen-bond acceptors (Lipinski definition) is 3. The molecule has 0 radical (unpaired) electrons. The molecule has 0 saturated heterocycles. The normalized spacial score (nSPS) is 31.5. The van der Waals surface area contributed by atoms with E-state index in [0.717, 1.165) is 12.1 Å². The number of hydrogen-bond donors (Lipinski definition) is 1.